The molecule has 2 atom stereocenters. The van der Waals surface area contributed by atoms with Crippen molar-refractivity contribution in [3.63, 3.8) is 0 Å². The molecule has 0 bridgehead atoms. The molecule has 2 unspecified atom stereocenters. The van der Waals surface area contributed by atoms with Gasteiger partial charge in [0, 0.05) is 39.7 Å². The lowest BCUT2D eigenvalue weighted by Crippen LogP contribution is -2.47. The van der Waals surface area contributed by atoms with Crippen molar-refractivity contribution in [1.82, 2.24) is 4.90 Å². The summed E-state index contributed by atoms with van der Waals surface area (Å²) in [4.78, 5) is 25.3. The van der Waals surface area contributed by atoms with Crippen molar-refractivity contribution in [2.75, 3.05) is 25.0 Å². The molecular formula is C19H32N2O3. The van der Waals surface area contributed by atoms with Gasteiger partial charge in [-0.1, -0.05) is 32.0 Å². The molecule has 0 saturated carbocycles. The smallest absolute Gasteiger partial charge is 0.223 e. The quantitative estimate of drug-likeness (QED) is 0.790. The number of para-hydroxylation sites is 1. The minimum Gasteiger partial charge on any atom is -0.372 e. The maximum atomic E-state index is 11.0. The van der Waals surface area contributed by atoms with E-state index in [1.165, 1.54) is 0 Å². The number of amides is 2. The van der Waals surface area contributed by atoms with Gasteiger partial charge in [-0.25, -0.2) is 0 Å². The van der Waals surface area contributed by atoms with Crippen LogP contribution in [0.5, 0.6) is 0 Å². The highest BCUT2D eigenvalue weighted by molar-refractivity contribution is 5.90. The zero-order chi connectivity index (χ0) is 18.7. The summed E-state index contributed by atoms with van der Waals surface area (Å²) < 4.78 is 5.47. The summed E-state index contributed by atoms with van der Waals surface area (Å²) >= 11 is 0. The zero-order valence-corrected chi connectivity index (χ0v) is 16.1. The molecule has 1 aromatic rings. The fourth-order valence-corrected chi connectivity index (χ4v) is 2.27. The summed E-state index contributed by atoms with van der Waals surface area (Å²) in [7, 11) is 1.76. The second kappa shape index (κ2) is 11.6. The van der Waals surface area contributed by atoms with Crippen LogP contribution in [0.15, 0.2) is 30.3 Å². The number of nitrogens with zero attached hydrogens (tertiary/aromatic N) is 2. The van der Waals surface area contributed by atoms with Crippen molar-refractivity contribution in [3.05, 3.63) is 30.3 Å². The van der Waals surface area contributed by atoms with E-state index in [-0.39, 0.29) is 24.0 Å². The first-order valence-electron chi connectivity index (χ1n) is 8.51. The molecule has 0 aromatic heterocycles. The van der Waals surface area contributed by atoms with E-state index >= 15 is 0 Å². The van der Waals surface area contributed by atoms with E-state index in [2.05, 4.69) is 0 Å². The van der Waals surface area contributed by atoms with Crippen molar-refractivity contribution < 1.29 is 14.3 Å². The van der Waals surface area contributed by atoms with Gasteiger partial charge in [-0.15, -0.1) is 0 Å². The molecule has 136 valence electrons. The van der Waals surface area contributed by atoms with Crippen LogP contribution in [0, 0.1) is 0 Å². The number of hydrogen-bond donors (Lipinski definition) is 0. The largest absolute Gasteiger partial charge is 0.372 e. The first-order valence-corrected chi connectivity index (χ1v) is 8.51. The molecule has 2 amide bonds. The Morgan fingerprint density at radius 1 is 1.04 bits per heavy atom. The minimum atomic E-state index is 0.0520. The monoisotopic (exact) mass is 336 g/mol. The van der Waals surface area contributed by atoms with Gasteiger partial charge in [-0.2, -0.15) is 0 Å². The molecule has 1 fully saturated rings. The third-order valence-corrected chi connectivity index (χ3v) is 3.48. The predicted molar refractivity (Wildman–Crippen MR) is 99.1 cm³/mol. The maximum Gasteiger partial charge on any atom is 0.223 e. The minimum absolute atomic E-state index is 0.0520. The molecular weight excluding hydrogens is 304 g/mol. The molecule has 0 N–H and O–H groups in total. The topological polar surface area (TPSA) is 49.9 Å². The van der Waals surface area contributed by atoms with Crippen LogP contribution in [-0.2, 0) is 14.3 Å². The Balaban J connectivity index is 0.000000400. The molecule has 1 aliphatic rings. The molecule has 1 aromatic carbocycles. The van der Waals surface area contributed by atoms with Gasteiger partial charge in [0.05, 0.1) is 12.2 Å². The first kappa shape index (κ1) is 22.1. The van der Waals surface area contributed by atoms with Gasteiger partial charge in [0.1, 0.15) is 0 Å². The van der Waals surface area contributed by atoms with E-state index in [1.54, 1.807) is 25.8 Å². The van der Waals surface area contributed by atoms with E-state index in [0.29, 0.717) is 0 Å². The van der Waals surface area contributed by atoms with E-state index in [1.807, 2.05) is 62.9 Å². The van der Waals surface area contributed by atoms with Gasteiger partial charge < -0.3 is 14.5 Å². The van der Waals surface area contributed by atoms with Crippen LogP contribution >= 0.6 is 0 Å². The summed E-state index contributed by atoms with van der Waals surface area (Å²) in [6.07, 6.45) is 0.366. The van der Waals surface area contributed by atoms with Crippen LogP contribution in [0.3, 0.4) is 0 Å². The first-order chi connectivity index (χ1) is 11.3. The highest BCUT2D eigenvalue weighted by atomic mass is 16.5. The maximum absolute atomic E-state index is 11.0. The summed E-state index contributed by atoms with van der Waals surface area (Å²) in [6.45, 7) is 12.6. The number of morpholine rings is 1. The van der Waals surface area contributed by atoms with Gasteiger partial charge in [-0.3, -0.25) is 9.59 Å². The van der Waals surface area contributed by atoms with Gasteiger partial charge >= 0.3 is 0 Å². The Kier molecular flexibility index (Phi) is 10.7. The van der Waals surface area contributed by atoms with E-state index < -0.39 is 0 Å². The fourth-order valence-electron chi connectivity index (χ4n) is 2.27. The molecule has 1 saturated heterocycles. The van der Waals surface area contributed by atoms with Crippen molar-refractivity contribution in [1.29, 1.82) is 0 Å². The van der Waals surface area contributed by atoms with Crippen molar-refractivity contribution in [2.45, 2.75) is 53.8 Å². The van der Waals surface area contributed by atoms with Crippen LogP contribution in [-0.4, -0.2) is 49.1 Å². The Bertz CT molecular complexity index is 481. The number of carbonyl (C=O) groups is 2. The summed E-state index contributed by atoms with van der Waals surface area (Å²) in [5.41, 5.74) is 0.931. The third kappa shape index (κ3) is 8.11. The number of benzene rings is 1. The number of carbonyl (C=O) groups excluding carboxylic acids is 2. The Labute approximate surface area is 146 Å². The Morgan fingerprint density at radius 3 is 1.88 bits per heavy atom. The summed E-state index contributed by atoms with van der Waals surface area (Å²) in [5, 5.41) is 0. The summed E-state index contributed by atoms with van der Waals surface area (Å²) in [5.74, 6) is 0.197. The molecule has 1 aliphatic heterocycles. The second-order valence-electron chi connectivity index (χ2n) is 5.59. The van der Waals surface area contributed by atoms with Crippen LogP contribution in [0.25, 0.3) is 0 Å². The Hall–Kier alpha value is -1.88. The number of ether oxygens (including phenoxy) is 1. The second-order valence-corrected chi connectivity index (χ2v) is 5.59. The van der Waals surface area contributed by atoms with Gasteiger partial charge in [0.2, 0.25) is 11.8 Å². The molecule has 5 nitrogen and oxygen atoms in total. The standard InChI is InChI=1S/C9H11NO.C8H15NO2.C2H6/c1-8(11)10(2)9-6-4-3-5-7-9;1-6-4-9(8(3)10)5-7(2)11-6;1-2/h3-7H,1-2H3;6-7H,4-5H2,1-3H3;1-2H3. The lowest BCUT2D eigenvalue weighted by Gasteiger charge is -2.34. The zero-order valence-electron chi connectivity index (χ0n) is 16.1. The molecule has 0 spiro atoms. The molecule has 0 radical (unpaired) electrons. The van der Waals surface area contributed by atoms with Crippen LogP contribution in [0.4, 0.5) is 5.69 Å². The van der Waals surface area contributed by atoms with Crippen LogP contribution in [0.2, 0.25) is 0 Å². The third-order valence-electron chi connectivity index (χ3n) is 3.48. The lowest BCUT2D eigenvalue weighted by molar-refractivity contribution is -0.140. The number of hydrogen-bond acceptors (Lipinski definition) is 3. The van der Waals surface area contributed by atoms with Gasteiger partial charge in [0.25, 0.3) is 0 Å². The molecule has 1 heterocycles. The highest BCUT2D eigenvalue weighted by Crippen LogP contribution is 2.10. The number of rotatable bonds is 1. The highest BCUT2D eigenvalue weighted by Gasteiger charge is 2.23. The SMILES string of the molecule is CC.CC(=O)N(C)c1ccccc1.CC(=O)N1CC(C)OC(C)C1. The van der Waals surface area contributed by atoms with Crippen LogP contribution < -0.4 is 4.90 Å². The van der Waals surface area contributed by atoms with E-state index in [4.69, 9.17) is 4.74 Å². The van der Waals surface area contributed by atoms with E-state index in [9.17, 15) is 9.59 Å². The lowest BCUT2D eigenvalue weighted by atomic mass is 10.2. The number of anilines is 1. The van der Waals surface area contributed by atoms with Crippen molar-refractivity contribution in [2.24, 2.45) is 0 Å². The van der Waals surface area contributed by atoms with E-state index in [0.717, 1.165) is 18.8 Å². The van der Waals surface area contributed by atoms with Crippen LogP contribution in [0.1, 0.15) is 41.5 Å². The molecule has 5 heteroatoms. The normalized spacial score (nSPS) is 19.2. The average molecular weight is 336 g/mol. The van der Waals surface area contributed by atoms with Gasteiger partial charge in [0.15, 0.2) is 0 Å². The van der Waals surface area contributed by atoms with Crippen molar-refractivity contribution in [3.8, 4) is 0 Å². The molecule has 0 aliphatic carbocycles. The fraction of sp³-hybridized carbons (Fsp3) is 0.579. The van der Waals surface area contributed by atoms with Gasteiger partial charge in [-0.05, 0) is 26.0 Å². The molecule has 24 heavy (non-hydrogen) atoms. The van der Waals surface area contributed by atoms with Crippen molar-refractivity contribution >= 4 is 17.5 Å². The Morgan fingerprint density at radius 2 is 1.50 bits per heavy atom. The predicted octanol–water partition coefficient (Wildman–Crippen LogP) is 3.34. The summed E-state index contributed by atoms with van der Waals surface area (Å²) in [6, 6.07) is 9.56. The molecule has 2 rings (SSSR count). The average Bonchev–Trinajstić information content (AvgIpc) is 2.56.